The average molecular weight is 526 g/mol. The minimum absolute atomic E-state index is 0.0612. The predicted molar refractivity (Wildman–Crippen MR) is 139 cm³/mol. The molecule has 3 aromatic rings. The Labute approximate surface area is 216 Å². The van der Waals surface area contributed by atoms with Crippen molar-refractivity contribution in [1.82, 2.24) is 10.6 Å². The molecule has 2 atom stereocenters. The molecule has 1 saturated carbocycles. The van der Waals surface area contributed by atoms with Crippen LogP contribution >= 0.6 is 11.6 Å². The second-order valence-electron chi connectivity index (χ2n) is 8.91. The number of halogens is 1. The fraction of sp³-hybridized carbons (Fsp3) is 0.259. The van der Waals surface area contributed by atoms with Crippen LogP contribution < -0.4 is 15.8 Å². The van der Waals surface area contributed by atoms with Crippen LogP contribution in [-0.2, 0) is 32.7 Å². The maximum absolute atomic E-state index is 12.9. The van der Waals surface area contributed by atoms with Crippen molar-refractivity contribution in [3.8, 4) is 11.1 Å². The second kappa shape index (κ2) is 11.2. The van der Waals surface area contributed by atoms with Crippen molar-refractivity contribution in [3.05, 3.63) is 88.9 Å². The summed E-state index contributed by atoms with van der Waals surface area (Å²) in [5, 5.41) is 11.8. The zero-order valence-corrected chi connectivity index (χ0v) is 21.2. The Morgan fingerprint density at radius 3 is 2.06 bits per heavy atom. The van der Waals surface area contributed by atoms with Crippen LogP contribution in [0.25, 0.3) is 11.1 Å². The van der Waals surface area contributed by atoms with Crippen LogP contribution in [0.4, 0.5) is 0 Å². The third kappa shape index (κ3) is 6.13. The maximum atomic E-state index is 12.9. The first-order chi connectivity index (χ1) is 17.2. The van der Waals surface area contributed by atoms with Gasteiger partial charge >= 0.3 is 0 Å². The number of hydrogen-bond donors (Lipinski definition) is 3. The molecule has 1 fully saturated rings. The van der Waals surface area contributed by atoms with E-state index in [-0.39, 0.29) is 28.5 Å². The molecule has 1 aliphatic rings. The normalized spacial score (nSPS) is 17.5. The van der Waals surface area contributed by atoms with Gasteiger partial charge in [0.15, 0.2) is 0 Å². The predicted octanol–water partition coefficient (Wildman–Crippen LogP) is 4.00. The number of carbonyl (C=O) groups is 2. The molecule has 2 unspecified atom stereocenters. The zero-order valence-electron chi connectivity index (χ0n) is 19.6. The lowest BCUT2D eigenvalue weighted by molar-refractivity contribution is -0.133. The zero-order chi connectivity index (χ0) is 25.7. The van der Waals surface area contributed by atoms with Crippen LogP contribution in [0.1, 0.15) is 30.4 Å². The molecular formula is C27H28ClN3O4S. The van der Waals surface area contributed by atoms with Crippen LogP contribution in [0.15, 0.2) is 77.7 Å². The highest BCUT2D eigenvalue weighted by molar-refractivity contribution is 7.89. The van der Waals surface area contributed by atoms with Gasteiger partial charge in [-0.1, -0.05) is 78.7 Å². The molecule has 0 heterocycles. The summed E-state index contributed by atoms with van der Waals surface area (Å²) in [6, 6.07) is 21.2. The van der Waals surface area contributed by atoms with E-state index in [1.54, 1.807) is 36.4 Å². The number of hydrogen-bond acceptors (Lipinski definition) is 4. The Hall–Kier alpha value is -3.20. The van der Waals surface area contributed by atoms with Crippen molar-refractivity contribution in [2.24, 2.45) is 17.0 Å². The van der Waals surface area contributed by atoms with Crippen LogP contribution in [-0.4, -0.2) is 20.2 Å². The third-order valence-corrected chi connectivity index (χ3v) is 7.86. The quantitative estimate of drug-likeness (QED) is 0.412. The lowest BCUT2D eigenvalue weighted by Crippen LogP contribution is -2.39. The molecule has 0 aromatic heterocycles. The lowest BCUT2D eigenvalue weighted by atomic mass is 9.94. The first kappa shape index (κ1) is 25.9. The molecule has 36 heavy (non-hydrogen) atoms. The van der Waals surface area contributed by atoms with Crippen LogP contribution in [0.3, 0.4) is 0 Å². The van der Waals surface area contributed by atoms with Crippen molar-refractivity contribution in [1.29, 1.82) is 0 Å². The first-order valence-corrected chi connectivity index (χ1v) is 13.7. The number of sulfonamides is 1. The highest BCUT2D eigenvalue weighted by Crippen LogP contribution is 2.32. The van der Waals surface area contributed by atoms with Gasteiger partial charge < -0.3 is 10.6 Å². The van der Waals surface area contributed by atoms with Crippen molar-refractivity contribution in [3.63, 3.8) is 0 Å². The number of nitrogens with two attached hydrogens (primary N) is 1. The minimum Gasteiger partial charge on any atom is -0.352 e. The smallest absolute Gasteiger partial charge is 0.238 e. The number of amides is 2. The summed E-state index contributed by atoms with van der Waals surface area (Å²) < 4.78 is 23.8. The Morgan fingerprint density at radius 1 is 0.833 bits per heavy atom. The van der Waals surface area contributed by atoms with Gasteiger partial charge in [0, 0.05) is 35.5 Å². The molecule has 188 valence electrons. The standard InChI is InChI=1S/C27H28ClN3O4S/c28-24-10-3-1-6-20(24)17-31-27(33)23-9-5-8-22(23)26(32)30-16-18-12-14-19(15-13-18)21-7-2-4-11-25(21)36(29,34)35/h1-4,6-7,10-15,22-23H,5,8-9,16-17H2,(H,30,32)(H,31,33)(H2,29,34,35). The van der Waals surface area contributed by atoms with Gasteiger partial charge in [-0.05, 0) is 41.7 Å². The summed E-state index contributed by atoms with van der Waals surface area (Å²) in [7, 11) is -3.85. The first-order valence-electron chi connectivity index (χ1n) is 11.7. The molecule has 0 radical (unpaired) electrons. The van der Waals surface area contributed by atoms with Gasteiger partial charge in [-0.25, -0.2) is 13.6 Å². The Bertz CT molecular complexity index is 1360. The molecule has 0 aliphatic heterocycles. The van der Waals surface area contributed by atoms with Crippen molar-refractivity contribution < 1.29 is 18.0 Å². The second-order valence-corrected chi connectivity index (χ2v) is 10.8. The van der Waals surface area contributed by atoms with Gasteiger partial charge in [-0.3, -0.25) is 9.59 Å². The van der Waals surface area contributed by atoms with Crippen LogP contribution in [0.2, 0.25) is 5.02 Å². The van der Waals surface area contributed by atoms with Gasteiger partial charge in [-0.15, -0.1) is 0 Å². The van der Waals surface area contributed by atoms with Crippen LogP contribution in [0, 0.1) is 11.8 Å². The molecule has 4 N–H and O–H groups in total. The van der Waals surface area contributed by atoms with E-state index in [0.717, 1.165) is 17.5 Å². The van der Waals surface area contributed by atoms with Gasteiger partial charge in [0.05, 0.1) is 4.90 Å². The highest BCUT2D eigenvalue weighted by atomic mass is 35.5. The Balaban J connectivity index is 1.35. The average Bonchev–Trinajstić information content (AvgIpc) is 3.37. The molecule has 2 amide bonds. The fourth-order valence-corrected chi connectivity index (χ4v) is 5.58. The lowest BCUT2D eigenvalue weighted by Gasteiger charge is -2.19. The molecule has 3 aromatic carbocycles. The monoisotopic (exact) mass is 525 g/mol. The molecule has 0 bridgehead atoms. The van der Waals surface area contributed by atoms with Crippen molar-refractivity contribution >= 4 is 33.4 Å². The molecule has 0 saturated heterocycles. The van der Waals surface area contributed by atoms with Crippen molar-refractivity contribution in [2.45, 2.75) is 37.2 Å². The molecule has 7 nitrogen and oxygen atoms in total. The van der Waals surface area contributed by atoms with Gasteiger partial charge in [0.25, 0.3) is 0 Å². The van der Waals surface area contributed by atoms with E-state index >= 15 is 0 Å². The largest absolute Gasteiger partial charge is 0.352 e. The van der Waals surface area contributed by atoms with E-state index in [1.807, 2.05) is 30.3 Å². The topological polar surface area (TPSA) is 118 Å². The summed E-state index contributed by atoms with van der Waals surface area (Å²) in [5.41, 5.74) is 2.92. The molecule has 4 rings (SSSR count). The molecule has 0 spiro atoms. The van der Waals surface area contributed by atoms with E-state index in [0.29, 0.717) is 42.1 Å². The third-order valence-electron chi connectivity index (χ3n) is 6.53. The molecule has 9 heteroatoms. The number of benzene rings is 3. The fourth-order valence-electron chi connectivity index (χ4n) is 4.62. The maximum Gasteiger partial charge on any atom is 0.238 e. The molecule has 1 aliphatic carbocycles. The Kier molecular flexibility index (Phi) is 8.08. The number of primary sulfonamides is 1. The summed E-state index contributed by atoms with van der Waals surface area (Å²) >= 11 is 6.17. The number of rotatable bonds is 8. The number of carbonyl (C=O) groups excluding carboxylic acids is 2. The summed E-state index contributed by atoms with van der Waals surface area (Å²) in [6.07, 6.45) is 2.16. The van der Waals surface area contributed by atoms with Gasteiger partial charge in [-0.2, -0.15) is 0 Å². The highest BCUT2D eigenvalue weighted by Gasteiger charge is 2.37. The van der Waals surface area contributed by atoms with E-state index in [2.05, 4.69) is 10.6 Å². The minimum atomic E-state index is -3.85. The van der Waals surface area contributed by atoms with E-state index in [9.17, 15) is 18.0 Å². The van der Waals surface area contributed by atoms with Crippen molar-refractivity contribution in [2.75, 3.05) is 0 Å². The molecular weight excluding hydrogens is 498 g/mol. The summed E-state index contributed by atoms with van der Waals surface area (Å²) in [5.74, 6) is -1.03. The number of nitrogens with one attached hydrogen (secondary N) is 2. The van der Waals surface area contributed by atoms with E-state index in [1.165, 1.54) is 6.07 Å². The SMILES string of the molecule is NS(=O)(=O)c1ccccc1-c1ccc(CNC(=O)C2CCCC2C(=O)NCc2ccccc2Cl)cc1. The van der Waals surface area contributed by atoms with Crippen LogP contribution in [0.5, 0.6) is 0 Å². The Morgan fingerprint density at radius 2 is 1.42 bits per heavy atom. The van der Waals surface area contributed by atoms with Gasteiger partial charge in [0.1, 0.15) is 0 Å². The summed E-state index contributed by atoms with van der Waals surface area (Å²) in [6.45, 7) is 0.630. The van der Waals surface area contributed by atoms with Gasteiger partial charge in [0.2, 0.25) is 21.8 Å². The van der Waals surface area contributed by atoms with E-state index < -0.39 is 10.0 Å². The summed E-state index contributed by atoms with van der Waals surface area (Å²) in [4.78, 5) is 25.8. The van der Waals surface area contributed by atoms with E-state index in [4.69, 9.17) is 16.7 Å².